The summed E-state index contributed by atoms with van der Waals surface area (Å²) in [5.41, 5.74) is 1.10. The molecule has 1 fully saturated rings. The highest BCUT2D eigenvalue weighted by molar-refractivity contribution is 6.32. The third kappa shape index (κ3) is 4.45. The smallest absolute Gasteiger partial charge is 0.191 e. The zero-order valence-electron chi connectivity index (χ0n) is 13.9. The van der Waals surface area contributed by atoms with Crippen LogP contribution in [-0.2, 0) is 11.2 Å². The molecule has 7 heteroatoms. The van der Waals surface area contributed by atoms with Gasteiger partial charge in [-0.25, -0.2) is 0 Å². The molecule has 1 aromatic rings. The van der Waals surface area contributed by atoms with Crippen molar-refractivity contribution >= 4 is 17.6 Å². The van der Waals surface area contributed by atoms with E-state index in [2.05, 4.69) is 15.6 Å². The molecule has 3 rings (SSSR count). The maximum atomic E-state index is 6.26. The Balaban J connectivity index is 1.47. The first kappa shape index (κ1) is 17.2. The van der Waals surface area contributed by atoms with Crippen LogP contribution in [0.5, 0.6) is 11.5 Å². The first-order valence-electron chi connectivity index (χ1n) is 8.40. The number of nitrogens with one attached hydrogen (secondary N) is 2. The lowest BCUT2D eigenvalue weighted by Crippen LogP contribution is -2.41. The van der Waals surface area contributed by atoms with Gasteiger partial charge in [0.25, 0.3) is 0 Å². The molecule has 6 nitrogen and oxygen atoms in total. The van der Waals surface area contributed by atoms with E-state index in [1.54, 1.807) is 7.05 Å². The minimum absolute atomic E-state index is 0.292. The Morgan fingerprint density at radius 3 is 2.92 bits per heavy atom. The number of aliphatic imine (C=N–C) groups is 1. The summed E-state index contributed by atoms with van der Waals surface area (Å²) in [7, 11) is 1.77. The van der Waals surface area contributed by atoms with E-state index in [1.807, 2.05) is 12.1 Å². The van der Waals surface area contributed by atoms with E-state index in [0.717, 1.165) is 56.2 Å². The van der Waals surface area contributed by atoms with E-state index in [4.69, 9.17) is 25.8 Å². The fourth-order valence-corrected chi connectivity index (χ4v) is 3.16. The Labute approximate surface area is 147 Å². The summed E-state index contributed by atoms with van der Waals surface area (Å²) in [6.45, 7) is 3.51. The summed E-state index contributed by atoms with van der Waals surface area (Å²) in [6.07, 6.45) is 3.36. The zero-order valence-corrected chi connectivity index (χ0v) is 14.7. The van der Waals surface area contributed by atoms with Crippen LogP contribution in [0.25, 0.3) is 0 Å². The van der Waals surface area contributed by atoms with Gasteiger partial charge in [-0.2, -0.15) is 0 Å². The third-order valence-electron chi connectivity index (χ3n) is 4.11. The minimum Gasteiger partial charge on any atom is -0.486 e. The van der Waals surface area contributed by atoms with Crippen molar-refractivity contribution in [1.82, 2.24) is 10.6 Å². The number of ether oxygens (including phenoxy) is 3. The number of hydrogen-bond acceptors (Lipinski definition) is 4. The summed E-state index contributed by atoms with van der Waals surface area (Å²) in [4.78, 5) is 4.24. The fourth-order valence-electron chi connectivity index (χ4n) is 2.87. The second kappa shape index (κ2) is 8.44. The van der Waals surface area contributed by atoms with Gasteiger partial charge in [0.1, 0.15) is 13.2 Å². The number of fused-ring (bicyclic) bond motifs is 1. The predicted molar refractivity (Wildman–Crippen MR) is 94.5 cm³/mol. The summed E-state index contributed by atoms with van der Waals surface area (Å²) < 4.78 is 16.7. The van der Waals surface area contributed by atoms with Gasteiger partial charge in [0, 0.05) is 26.7 Å². The number of guanidine groups is 1. The molecule has 2 aliphatic heterocycles. The molecule has 0 spiro atoms. The molecule has 1 unspecified atom stereocenters. The average Bonchev–Trinajstić information content (AvgIpc) is 3.11. The van der Waals surface area contributed by atoms with E-state index in [0.29, 0.717) is 30.1 Å². The topological polar surface area (TPSA) is 64.1 Å². The monoisotopic (exact) mass is 353 g/mol. The molecule has 2 aliphatic rings. The van der Waals surface area contributed by atoms with Crippen molar-refractivity contribution in [2.45, 2.75) is 25.4 Å². The summed E-state index contributed by atoms with van der Waals surface area (Å²) in [6, 6.07) is 3.92. The highest BCUT2D eigenvalue weighted by Crippen LogP contribution is 2.38. The second-order valence-electron chi connectivity index (χ2n) is 5.87. The van der Waals surface area contributed by atoms with Gasteiger partial charge in [-0.15, -0.1) is 0 Å². The molecule has 1 aromatic carbocycles. The van der Waals surface area contributed by atoms with Crippen LogP contribution < -0.4 is 20.1 Å². The molecule has 1 saturated heterocycles. The minimum atomic E-state index is 0.292. The number of rotatable bonds is 5. The highest BCUT2D eigenvalue weighted by Gasteiger charge is 2.17. The van der Waals surface area contributed by atoms with Crippen LogP contribution in [-0.4, -0.2) is 52.0 Å². The van der Waals surface area contributed by atoms with Crippen LogP contribution in [0.15, 0.2) is 17.1 Å². The van der Waals surface area contributed by atoms with E-state index in [-0.39, 0.29) is 0 Å². The molecule has 1 atom stereocenters. The van der Waals surface area contributed by atoms with Gasteiger partial charge in [0.05, 0.1) is 11.1 Å². The van der Waals surface area contributed by atoms with Crippen molar-refractivity contribution in [2.24, 2.45) is 4.99 Å². The van der Waals surface area contributed by atoms with Gasteiger partial charge < -0.3 is 24.8 Å². The lowest BCUT2D eigenvalue weighted by Gasteiger charge is -2.20. The first-order valence-corrected chi connectivity index (χ1v) is 8.78. The molecule has 0 aliphatic carbocycles. The second-order valence-corrected chi connectivity index (χ2v) is 6.27. The van der Waals surface area contributed by atoms with Gasteiger partial charge in [0.15, 0.2) is 17.5 Å². The molecule has 2 N–H and O–H groups in total. The first-order chi connectivity index (χ1) is 11.8. The van der Waals surface area contributed by atoms with Gasteiger partial charge in [-0.1, -0.05) is 11.6 Å². The van der Waals surface area contributed by atoms with E-state index in [1.165, 1.54) is 0 Å². The molecular weight excluding hydrogens is 330 g/mol. The summed E-state index contributed by atoms with van der Waals surface area (Å²) >= 11 is 6.26. The molecule has 132 valence electrons. The Morgan fingerprint density at radius 1 is 1.25 bits per heavy atom. The van der Waals surface area contributed by atoms with Crippen molar-refractivity contribution < 1.29 is 14.2 Å². The van der Waals surface area contributed by atoms with E-state index in [9.17, 15) is 0 Å². The van der Waals surface area contributed by atoms with Crippen molar-refractivity contribution in [2.75, 3.05) is 40.0 Å². The fraction of sp³-hybridized carbons (Fsp3) is 0.588. The molecule has 0 radical (unpaired) electrons. The molecule has 0 saturated carbocycles. The van der Waals surface area contributed by atoms with E-state index < -0.39 is 0 Å². The third-order valence-corrected chi connectivity index (χ3v) is 4.39. The number of nitrogens with zero attached hydrogens (tertiary/aromatic N) is 1. The maximum absolute atomic E-state index is 6.26. The SMILES string of the molecule is CN=C(NCCc1cc(Cl)c2c(c1)OCCO2)NCC1CCCO1. The Kier molecular flexibility index (Phi) is 6.04. The molecule has 0 amide bonds. The number of benzene rings is 1. The van der Waals surface area contributed by atoms with Gasteiger partial charge >= 0.3 is 0 Å². The quantitative estimate of drug-likeness (QED) is 0.626. The predicted octanol–water partition coefficient (Wildman–Crippen LogP) is 2.00. The van der Waals surface area contributed by atoms with Crippen LogP contribution >= 0.6 is 11.6 Å². The largest absolute Gasteiger partial charge is 0.486 e. The van der Waals surface area contributed by atoms with Crippen LogP contribution in [0.1, 0.15) is 18.4 Å². The molecular formula is C17H24ClN3O3. The maximum Gasteiger partial charge on any atom is 0.191 e. The van der Waals surface area contributed by atoms with Crippen LogP contribution in [0.3, 0.4) is 0 Å². The van der Waals surface area contributed by atoms with Crippen molar-refractivity contribution in [3.05, 3.63) is 22.7 Å². The van der Waals surface area contributed by atoms with E-state index >= 15 is 0 Å². The normalized spacial score (nSPS) is 20.1. The Bertz CT molecular complexity index is 589. The highest BCUT2D eigenvalue weighted by atomic mass is 35.5. The van der Waals surface area contributed by atoms with Crippen LogP contribution in [0.4, 0.5) is 0 Å². The van der Waals surface area contributed by atoms with Crippen LogP contribution in [0, 0.1) is 0 Å². The molecule has 2 heterocycles. The lowest BCUT2D eigenvalue weighted by molar-refractivity contribution is 0.114. The van der Waals surface area contributed by atoms with Crippen molar-refractivity contribution in [3.8, 4) is 11.5 Å². The van der Waals surface area contributed by atoms with Crippen molar-refractivity contribution in [1.29, 1.82) is 0 Å². The Morgan fingerprint density at radius 2 is 2.12 bits per heavy atom. The van der Waals surface area contributed by atoms with Crippen molar-refractivity contribution in [3.63, 3.8) is 0 Å². The Hall–Kier alpha value is -1.66. The summed E-state index contributed by atoms with van der Waals surface area (Å²) in [5.74, 6) is 2.16. The molecule has 0 bridgehead atoms. The zero-order chi connectivity index (χ0) is 16.8. The summed E-state index contributed by atoms with van der Waals surface area (Å²) in [5, 5.41) is 7.21. The molecule has 0 aromatic heterocycles. The standard InChI is InChI=1S/C17H24ClN3O3/c1-19-17(21-11-13-3-2-6-22-13)20-5-4-12-9-14(18)16-15(10-12)23-7-8-24-16/h9-10,13H,2-8,11H2,1H3,(H2,19,20,21). The van der Waals surface area contributed by atoms with Gasteiger partial charge in [-0.05, 0) is 37.0 Å². The number of hydrogen-bond donors (Lipinski definition) is 2. The van der Waals surface area contributed by atoms with Crippen LogP contribution in [0.2, 0.25) is 5.02 Å². The average molecular weight is 354 g/mol. The number of halogens is 1. The molecule has 24 heavy (non-hydrogen) atoms. The lowest BCUT2D eigenvalue weighted by atomic mass is 10.1. The van der Waals surface area contributed by atoms with Gasteiger partial charge in [-0.3, -0.25) is 4.99 Å². The van der Waals surface area contributed by atoms with Gasteiger partial charge in [0.2, 0.25) is 0 Å².